The van der Waals surface area contributed by atoms with Crippen molar-refractivity contribution in [3.05, 3.63) is 40.8 Å². The molecule has 0 radical (unpaired) electrons. The van der Waals surface area contributed by atoms with Gasteiger partial charge >= 0.3 is 0 Å². The molecule has 1 atom stereocenters. The summed E-state index contributed by atoms with van der Waals surface area (Å²) < 4.78 is 16.7. The molecule has 2 aliphatic heterocycles. The van der Waals surface area contributed by atoms with Crippen LogP contribution in [0.4, 0.5) is 5.82 Å². The van der Waals surface area contributed by atoms with Crippen LogP contribution in [0.15, 0.2) is 24.5 Å². The Labute approximate surface area is 197 Å². The van der Waals surface area contributed by atoms with Crippen LogP contribution in [0.5, 0.6) is 11.5 Å². The number of rotatable bonds is 7. The molecule has 10 heteroatoms. The largest absolute Gasteiger partial charge is 0.495 e. The van der Waals surface area contributed by atoms with E-state index in [9.17, 15) is 4.79 Å². The topological polar surface area (TPSA) is 110 Å². The molecule has 174 valence electrons. The van der Waals surface area contributed by atoms with Crippen molar-refractivity contribution in [3.63, 3.8) is 0 Å². The Bertz CT molecular complexity index is 1030. The lowest BCUT2D eigenvalue weighted by atomic mass is 9.92. The van der Waals surface area contributed by atoms with Gasteiger partial charge in [-0.15, -0.1) is 0 Å². The first-order valence-corrected chi connectivity index (χ1v) is 11.3. The Morgan fingerprint density at radius 2 is 2.09 bits per heavy atom. The number of nitrogens with zero attached hydrogens (tertiary/aromatic N) is 4. The number of ether oxygens (including phenoxy) is 3. The maximum atomic E-state index is 12.6. The number of aromatic nitrogens is 2. The molecule has 0 aromatic carbocycles. The summed E-state index contributed by atoms with van der Waals surface area (Å²) in [5, 5.41) is 12.2. The van der Waals surface area contributed by atoms with Gasteiger partial charge in [0.1, 0.15) is 28.4 Å². The zero-order chi connectivity index (χ0) is 23.2. The third-order valence-corrected chi connectivity index (χ3v) is 6.10. The second-order valence-electron chi connectivity index (χ2n) is 8.12. The molecule has 2 aliphatic rings. The lowest BCUT2D eigenvalue weighted by Crippen LogP contribution is -2.29. The van der Waals surface area contributed by atoms with E-state index in [2.05, 4.69) is 21.5 Å². The number of methoxy groups -OCH3 is 1. The molecule has 0 unspecified atom stereocenters. The minimum Gasteiger partial charge on any atom is -0.495 e. The predicted molar refractivity (Wildman–Crippen MR) is 121 cm³/mol. The van der Waals surface area contributed by atoms with Crippen LogP contribution in [-0.2, 0) is 16.0 Å². The van der Waals surface area contributed by atoms with E-state index < -0.39 is 0 Å². The molecule has 0 aliphatic carbocycles. The number of piperidine rings is 1. The van der Waals surface area contributed by atoms with E-state index in [-0.39, 0.29) is 24.3 Å². The van der Waals surface area contributed by atoms with Gasteiger partial charge in [0.2, 0.25) is 5.91 Å². The van der Waals surface area contributed by atoms with E-state index in [0.29, 0.717) is 48.6 Å². The summed E-state index contributed by atoms with van der Waals surface area (Å²) in [7, 11) is 1.60. The lowest BCUT2D eigenvalue weighted by molar-refractivity contribution is -0.115. The summed E-state index contributed by atoms with van der Waals surface area (Å²) in [6.07, 6.45) is 7.90. The number of hydrogen-bond acceptors (Lipinski definition) is 8. The average Bonchev–Trinajstić information content (AvgIpc) is 3.34. The molecule has 2 fully saturated rings. The monoisotopic (exact) mass is 471 g/mol. The highest BCUT2D eigenvalue weighted by molar-refractivity contribution is 6.32. The van der Waals surface area contributed by atoms with Crippen molar-refractivity contribution < 1.29 is 19.0 Å². The molecule has 9 nitrogen and oxygen atoms in total. The van der Waals surface area contributed by atoms with E-state index in [1.807, 2.05) is 6.07 Å². The first kappa shape index (κ1) is 23.1. The molecule has 0 spiro atoms. The smallest absolute Gasteiger partial charge is 0.230 e. The highest BCUT2D eigenvalue weighted by Crippen LogP contribution is 2.33. The highest BCUT2D eigenvalue weighted by Gasteiger charge is 2.24. The summed E-state index contributed by atoms with van der Waals surface area (Å²) >= 11 is 6.19. The van der Waals surface area contributed by atoms with Crippen LogP contribution in [0.2, 0.25) is 5.02 Å². The number of nitrogens with one attached hydrogen (secondary N) is 1. The van der Waals surface area contributed by atoms with Crippen molar-refractivity contribution in [2.24, 2.45) is 0 Å². The molecular formula is C23H26ClN5O4. The Hall–Kier alpha value is -3.09. The van der Waals surface area contributed by atoms with Gasteiger partial charge in [-0.2, -0.15) is 5.26 Å². The van der Waals surface area contributed by atoms with Crippen LogP contribution >= 0.6 is 11.6 Å². The van der Waals surface area contributed by atoms with E-state index in [0.717, 1.165) is 30.5 Å². The second kappa shape index (κ2) is 10.7. The molecule has 0 bridgehead atoms. The van der Waals surface area contributed by atoms with Gasteiger partial charge in [-0.1, -0.05) is 11.6 Å². The van der Waals surface area contributed by atoms with Crippen LogP contribution in [0, 0.1) is 11.5 Å². The van der Waals surface area contributed by atoms with E-state index in [1.54, 1.807) is 24.3 Å². The highest BCUT2D eigenvalue weighted by atomic mass is 35.5. The number of amides is 1. The zero-order valence-electron chi connectivity index (χ0n) is 18.4. The Morgan fingerprint density at radius 3 is 2.79 bits per heavy atom. The number of hydrogen-bond donors (Lipinski definition) is 1. The first-order valence-electron chi connectivity index (χ1n) is 10.9. The molecular weight excluding hydrogens is 446 g/mol. The SMILES string of the molecule is COc1cc(CC(=O)Nc2cc(O[C@@H]3CCOC3)c(Cl)cn2)cnc1C1CCN(C#N)CC1. The van der Waals surface area contributed by atoms with E-state index in [4.69, 9.17) is 31.1 Å². The Kier molecular flexibility index (Phi) is 7.47. The quantitative estimate of drug-likeness (QED) is 0.613. The van der Waals surface area contributed by atoms with Crippen LogP contribution in [0.25, 0.3) is 0 Å². The molecule has 1 N–H and O–H groups in total. The van der Waals surface area contributed by atoms with Gasteiger partial charge in [0, 0.05) is 37.7 Å². The lowest BCUT2D eigenvalue weighted by Gasteiger charge is -2.28. The number of halogens is 1. The van der Waals surface area contributed by atoms with Crippen molar-refractivity contribution in [1.82, 2.24) is 14.9 Å². The number of likely N-dealkylation sites (tertiary alicyclic amines) is 1. The maximum Gasteiger partial charge on any atom is 0.230 e. The maximum absolute atomic E-state index is 12.6. The molecule has 1 amide bonds. The number of anilines is 1. The second-order valence-corrected chi connectivity index (χ2v) is 8.53. The molecule has 4 heterocycles. The summed E-state index contributed by atoms with van der Waals surface area (Å²) in [5.41, 5.74) is 1.60. The predicted octanol–water partition coefficient (Wildman–Crippen LogP) is 3.15. The molecule has 33 heavy (non-hydrogen) atoms. The third kappa shape index (κ3) is 5.83. The summed E-state index contributed by atoms with van der Waals surface area (Å²) in [5.74, 6) is 1.48. The Balaban J connectivity index is 1.39. The van der Waals surface area contributed by atoms with Gasteiger partial charge in [-0.3, -0.25) is 9.78 Å². The van der Waals surface area contributed by atoms with Crippen LogP contribution < -0.4 is 14.8 Å². The average molecular weight is 472 g/mol. The summed E-state index contributed by atoms with van der Waals surface area (Å²) in [6.45, 7) is 2.60. The van der Waals surface area contributed by atoms with Crippen molar-refractivity contribution >= 4 is 23.3 Å². The third-order valence-electron chi connectivity index (χ3n) is 5.82. The number of carbonyl (C=O) groups is 1. The summed E-state index contributed by atoms with van der Waals surface area (Å²) in [6, 6.07) is 3.47. The van der Waals surface area contributed by atoms with Gasteiger partial charge in [0.15, 0.2) is 6.19 Å². The van der Waals surface area contributed by atoms with Crippen molar-refractivity contribution in [1.29, 1.82) is 5.26 Å². The van der Waals surface area contributed by atoms with Gasteiger partial charge in [0.05, 0.1) is 38.6 Å². The van der Waals surface area contributed by atoms with Crippen molar-refractivity contribution in [2.75, 3.05) is 38.7 Å². The fourth-order valence-electron chi connectivity index (χ4n) is 4.05. The number of carbonyl (C=O) groups excluding carboxylic acids is 1. The van der Waals surface area contributed by atoms with Gasteiger partial charge < -0.3 is 24.4 Å². The van der Waals surface area contributed by atoms with Gasteiger partial charge in [-0.05, 0) is 24.5 Å². The van der Waals surface area contributed by atoms with Crippen LogP contribution in [-0.4, -0.2) is 60.3 Å². The van der Waals surface area contributed by atoms with E-state index >= 15 is 0 Å². The fraction of sp³-hybridized carbons (Fsp3) is 0.478. The van der Waals surface area contributed by atoms with E-state index in [1.165, 1.54) is 6.20 Å². The minimum absolute atomic E-state index is 0.0577. The molecule has 2 aromatic rings. The standard InChI is InChI=1S/C23H26ClN5O4/c1-31-20-8-15(11-27-23(20)16-2-5-29(14-25)6-3-16)9-22(30)28-21-10-19(18(24)12-26-21)33-17-4-7-32-13-17/h8,10-12,16-17H,2-7,9,13H2,1H3,(H,26,28,30)/t17-/m1/s1. The molecule has 2 saturated heterocycles. The van der Waals surface area contributed by atoms with Crippen LogP contribution in [0.3, 0.4) is 0 Å². The van der Waals surface area contributed by atoms with Crippen molar-refractivity contribution in [2.45, 2.75) is 37.7 Å². The first-order chi connectivity index (χ1) is 16.1. The minimum atomic E-state index is -0.237. The fourth-order valence-corrected chi connectivity index (χ4v) is 4.20. The molecule has 0 saturated carbocycles. The molecule has 2 aromatic heterocycles. The Morgan fingerprint density at radius 1 is 1.27 bits per heavy atom. The molecule has 4 rings (SSSR count). The van der Waals surface area contributed by atoms with Crippen LogP contribution in [0.1, 0.15) is 36.4 Å². The van der Waals surface area contributed by atoms with Gasteiger partial charge in [-0.25, -0.2) is 4.98 Å². The number of nitriles is 1. The van der Waals surface area contributed by atoms with Crippen molar-refractivity contribution in [3.8, 4) is 17.7 Å². The number of pyridine rings is 2. The normalized spacial score (nSPS) is 18.6. The summed E-state index contributed by atoms with van der Waals surface area (Å²) in [4.78, 5) is 23.2. The zero-order valence-corrected chi connectivity index (χ0v) is 19.2. The van der Waals surface area contributed by atoms with Gasteiger partial charge in [0.25, 0.3) is 0 Å².